The van der Waals surface area contributed by atoms with Crippen LogP contribution >= 0.6 is 11.3 Å². The highest BCUT2D eigenvalue weighted by molar-refractivity contribution is 7.10. The second kappa shape index (κ2) is 10.8. The van der Waals surface area contributed by atoms with E-state index in [-0.39, 0.29) is 30.6 Å². The highest BCUT2D eigenvalue weighted by atomic mass is 32.1. The van der Waals surface area contributed by atoms with Gasteiger partial charge in [0, 0.05) is 29.8 Å². The number of rotatable bonds is 11. The SMILES string of the molecule is CCN(CC)C(CNC(=O)CCC(=O)c1cccc(OC)c1)c1cccs1. The number of benzene rings is 1. The van der Waals surface area contributed by atoms with Gasteiger partial charge in [-0.05, 0) is 36.7 Å². The predicted molar refractivity (Wildman–Crippen MR) is 110 cm³/mol. The van der Waals surface area contributed by atoms with Gasteiger partial charge in [-0.3, -0.25) is 14.5 Å². The minimum atomic E-state index is -0.0973. The van der Waals surface area contributed by atoms with Gasteiger partial charge in [-0.15, -0.1) is 11.3 Å². The number of ether oxygens (including phenoxy) is 1. The molecule has 0 saturated heterocycles. The fourth-order valence-corrected chi connectivity index (χ4v) is 3.88. The largest absolute Gasteiger partial charge is 0.497 e. The summed E-state index contributed by atoms with van der Waals surface area (Å²) >= 11 is 1.70. The Bertz CT molecular complexity index is 727. The highest BCUT2D eigenvalue weighted by Crippen LogP contribution is 2.24. The topological polar surface area (TPSA) is 58.6 Å². The second-order valence-corrected chi connectivity index (χ2v) is 7.19. The van der Waals surface area contributed by atoms with E-state index in [1.54, 1.807) is 42.7 Å². The molecule has 1 amide bonds. The molecule has 0 fully saturated rings. The molecule has 2 rings (SSSR count). The molecule has 1 unspecified atom stereocenters. The summed E-state index contributed by atoms with van der Waals surface area (Å²) in [4.78, 5) is 28.1. The molecule has 0 bridgehead atoms. The van der Waals surface area contributed by atoms with Crippen LogP contribution in [0.4, 0.5) is 0 Å². The number of nitrogens with zero attached hydrogens (tertiary/aromatic N) is 1. The zero-order valence-corrected chi connectivity index (χ0v) is 17.1. The van der Waals surface area contributed by atoms with Crippen LogP contribution in [0.3, 0.4) is 0 Å². The lowest BCUT2D eigenvalue weighted by Crippen LogP contribution is -2.37. The Morgan fingerprint density at radius 1 is 1.15 bits per heavy atom. The predicted octanol–water partition coefficient (Wildman–Crippen LogP) is 3.92. The van der Waals surface area contributed by atoms with Crippen LogP contribution in [0.15, 0.2) is 41.8 Å². The normalized spacial score (nSPS) is 12.0. The average Bonchev–Trinajstić information content (AvgIpc) is 3.23. The Morgan fingerprint density at radius 2 is 1.93 bits per heavy atom. The summed E-state index contributed by atoms with van der Waals surface area (Å²) in [6, 6.07) is 11.3. The van der Waals surface area contributed by atoms with E-state index in [1.165, 1.54) is 4.88 Å². The monoisotopic (exact) mass is 388 g/mol. The van der Waals surface area contributed by atoms with E-state index >= 15 is 0 Å². The molecule has 5 nitrogen and oxygen atoms in total. The van der Waals surface area contributed by atoms with Crippen LogP contribution in [-0.2, 0) is 4.79 Å². The van der Waals surface area contributed by atoms with Gasteiger partial charge in [-0.25, -0.2) is 0 Å². The van der Waals surface area contributed by atoms with Crippen LogP contribution in [0.1, 0.15) is 48.0 Å². The van der Waals surface area contributed by atoms with Crippen molar-refractivity contribution in [3.63, 3.8) is 0 Å². The Balaban J connectivity index is 1.87. The van der Waals surface area contributed by atoms with Crippen molar-refractivity contribution in [2.75, 3.05) is 26.7 Å². The Labute approximate surface area is 165 Å². The standard InChI is InChI=1S/C21H28N2O3S/c1-4-23(5-2)18(20-10-7-13-27-20)15-22-21(25)12-11-19(24)16-8-6-9-17(14-16)26-3/h6-10,13-14,18H,4-5,11-12,15H2,1-3H3,(H,22,25). The Hall–Kier alpha value is -2.18. The fraction of sp³-hybridized carbons (Fsp3) is 0.429. The molecule has 146 valence electrons. The molecule has 6 heteroatoms. The van der Waals surface area contributed by atoms with Crippen molar-refractivity contribution in [3.8, 4) is 5.75 Å². The lowest BCUT2D eigenvalue weighted by Gasteiger charge is -2.29. The molecule has 0 aliphatic rings. The van der Waals surface area contributed by atoms with E-state index < -0.39 is 0 Å². The van der Waals surface area contributed by atoms with Crippen molar-refractivity contribution in [2.45, 2.75) is 32.7 Å². The zero-order chi connectivity index (χ0) is 19.6. The van der Waals surface area contributed by atoms with Crippen LogP contribution in [0.5, 0.6) is 5.75 Å². The molecule has 1 N–H and O–H groups in total. The van der Waals surface area contributed by atoms with Gasteiger partial charge in [-0.2, -0.15) is 0 Å². The quantitative estimate of drug-likeness (QED) is 0.593. The number of nitrogens with one attached hydrogen (secondary N) is 1. The lowest BCUT2D eigenvalue weighted by molar-refractivity contribution is -0.121. The third kappa shape index (κ3) is 6.19. The van der Waals surface area contributed by atoms with Crippen molar-refractivity contribution in [2.24, 2.45) is 0 Å². The number of methoxy groups -OCH3 is 1. The van der Waals surface area contributed by atoms with Crippen molar-refractivity contribution < 1.29 is 14.3 Å². The first-order valence-electron chi connectivity index (χ1n) is 9.30. The molecule has 1 heterocycles. The number of carbonyl (C=O) groups excluding carboxylic acids is 2. The molecule has 0 aliphatic carbocycles. The third-order valence-corrected chi connectivity index (χ3v) is 5.56. The summed E-state index contributed by atoms with van der Waals surface area (Å²) in [7, 11) is 1.57. The van der Waals surface area contributed by atoms with Gasteiger partial charge in [-0.1, -0.05) is 32.0 Å². The highest BCUT2D eigenvalue weighted by Gasteiger charge is 2.20. The van der Waals surface area contributed by atoms with E-state index in [0.717, 1.165) is 13.1 Å². The van der Waals surface area contributed by atoms with Gasteiger partial charge < -0.3 is 10.1 Å². The number of carbonyl (C=O) groups is 2. The average molecular weight is 389 g/mol. The van der Waals surface area contributed by atoms with E-state index in [0.29, 0.717) is 17.9 Å². The molecule has 2 aromatic rings. The van der Waals surface area contributed by atoms with Crippen molar-refractivity contribution in [1.29, 1.82) is 0 Å². The molecular weight excluding hydrogens is 360 g/mol. The van der Waals surface area contributed by atoms with E-state index in [4.69, 9.17) is 4.74 Å². The molecule has 1 aromatic carbocycles. The Morgan fingerprint density at radius 3 is 2.56 bits per heavy atom. The molecule has 1 aromatic heterocycles. The molecular formula is C21H28N2O3S. The van der Waals surface area contributed by atoms with Crippen molar-refractivity contribution >= 4 is 23.0 Å². The summed E-state index contributed by atoms with van der Waals surface area (Å²) in [6.07, 6.45) is 0.374. The van der Waals surface area contributed by atoms with Crippen LogP contribution in [-0.4, -0.2) is 43.3 Å². The Kier molecular flexibility index (Phi) is 8.48. The van der Waals surface area contributed by atoms with Crippen LogP contribution in [0.2, 0.25) is 0 Å². The number of Topliss-reactive ketones (excluding diaryl/α,β-unsaturated/α-hetero) is 1. The molecule has 0 saturated carbocycles. The van der Waals surface area contributed by atoms with E-state index in [2.05, 4.69) is 35.5 Å². The summed E-state index contributed by atoms with van der Waals surface area (Å²) in [5.41, 5.74) is 0.571. The van der Waals surface area contributed by atoms with E-state index in [1.807, 2.05) is 6.07 Å². The first-order chi connectivity index (χ1) is 13.1. The number of thiophene rings is 1. The smallest absolute Gasteiger partial charge is 0.220 e. The zero-order valence-electron chi connectivity index (χ0n) is 16.2. The van der Waals surface area contributed by atoms with Gasteiger partial charge in [0.15, 0.2) is 5.78 Å². The molecule has 0 spiro atoms. The molecule has 0 radical (unpaired) electrons. The maximum absolute atomic E-state index is 12.3. The maximum Gasteiger partial charge on any atom is 0.220 e. The third-order valence-electron chi connectivity index (χ3n) is 4.59. The fourth-order valence-electron chi connectivity index (χ4n) is 3.02. The number of hydrogen-bond acceptors (Lipinski definition) is 5. The van der Waals surface area contributed by atoms with Crippen LogP contribution < -0.4 is 10.1 Å². The minimum absolute atomic E-state index is 0.0531. The number of amides is 1. The first-order valence-corrected chi connectivity index (χ1v) is 10.2. The van der Waals surface area contributed by atoms with Gasteiger partial charge in [0.25, 0.3) is 0 Å². The maximum atomic E-state index is 12.3. The summed E-state index contributed by atoms with van der Waals surface area (Å²) in [5, 5.41) is 5.05. The summed E-state index contributed by atoms with van der Waals surface area (Å²) in [5.74, 6) is 0.492. The van der Waals surface area contributed by atoms with Gasteiger partial charge in [0.05, 0.1) is 13.2 Å². The first kappa shape index (κ1) is 21.1. The number of likely N-dealkylation sites (N-methyl/N-ethyl adjacent to an activating group) is 1. The number of hydrogen-bond donors (Lipinski definition) is 1. The molecule has 27 heavy (non-hydrogen) atoms. The van der Waals surface area contributed by atoms with Crippen molar-refractivity contribution in [3.05, 3.63) is 52.2 Å². The molecule has 0 aliphatic heterocycles. The van der Waals surface area contributed by atoms with Gasteiger partial charge >= 0.3 is 0 Å². The second-order valence-electron chi connectivity index (χ2n) is 6.21. The summed E-state index contributed by atoms with van der Waals surface area (Å²) in [6.45, 7) is 6.64. The van der Waals surface area contributed by atoms with Gasteiger partial charge in [0.2, 0.25) is 5.91 Å². The van der Waals surface area contributed by atoms with E-state index in [9.17, 15) is 9.59 Å². The minimum Gasteiger partial charge on any atom is -0.497 e. The van der Waals surface area contributed by atoms with Gasteiger partial charge in [0.1, 0.15) is 5.75 Å². The summed E-state index contributed by atoms with van der Waals surface area (Å²) < 4.78 is 5.14. The lowest BCUT2D eigenvalue weighted by atomic mass is 10.1. The molecule has 1 atom stereocenters. The van der Waals surface area contributed by atoms with Crippen molar-refractivity contribution in [1.82, 2.24) is 10.2 Å². The van der Waals surface area contributed by atoms with Crippen LogP contribution in [0, 0.1) is 0 Å². The number of ketones is 1. The van der Waals surface area contributed by atoms with Crippen LogP contribution in [0.25, 0.3) is 0 Å².